The van der Waals surface area contributed by atoms with Gasteiger partial charge in [0.15, 0.2) is 0 Å². The van der Waals surface area contributed by atoms with Gasteiger partial charge < -0.3 is 9.47 Å². The van der Waals surface area contributed by atoms with E-state index in [4.69, 9.17) is 9.47 Å². The Labute approximate surface area is 123 Å². The summed E-state index contributed by atoms with van der Waals surface area (Å²) in [5, 5.41) is 0. The maximum absolute atomic E-state index is 11.3. The van der Waals surface area contributed by atoms with Crippen molar-refractivity contribution in [3.63, 3.8) is 0 Å². The highest BCUT2D eigenvalue weighted by molar-refractivity contribution is 5.69. The van der Waals surface area contributed by atoms with Gasteiger partial charge >= 0.3 is 11.9 Å². The Morgan fingerprint density at radius 1 is 0.700 bits per heavy atom. The number of carbonyl (C=O) groups is 2. The molecule has 4 nitrogen and oxygen atoms in total. The molecule has 4 heteroatoms. The summed E-state index contributed by atoms with van der Waals surface area (Å²) in [5.74, 6) is 1.31. The number of hydrogen-bond acceptors (Lipinski definition) is 4. The molecule has 20 heavy (non-hydrogen) atoms. The summed E-state index contributed by atoms with van der Waals surface area (Å²) < 4.78 is 9.40. The first-order valence-electron chi connectivity index (χ1n) is 7.45. The lowest BCUT2D eigenvalue weighted by Gasteiger charge is -2.23. The van der Waals surface area contributed by atoms with Crippen LogP contribution in [0.2, 0.25) is 0 Å². The van der Waals surface area contributed by atoms with Crippen LogP contribution in [0.3, 0.4) is 0 Å². The summed E-state index contributed by atoms with van der Waals surface area (Å²) in [6.07, 6.45) is 3.07. The van der Waals surface area contributed by atoms with Crippen LogP contribution >= 0.6 is 0 Å². The summed E-state index contributed by atoms with van der Waals surface area (Å²) >= 11 is 0. The maximum Gasteiger partial charge on any atom is 0.305 e. The van der Waals surface area contributed by atoms with E-state index in [0.717, 1.165) is 12.8 Å². The minimum absolute atomic E-state index is 0.142. The molecule has 0 saturated carbocycles. The molecule has 0 aromatic heterocycles. The van der Waals surface area contributed by atoms with Crippen molar-refractivity contribution in [2.75, 3.05) is 14.2 Å². The predicted octanol–water partition coefficient (Wildman–Crippen LogP) is 3.44. The van der Waals surface area contributed by atoms with Gasteiger partial charge in [-0.15, -0.1) is 0 Å². The molecule has 0 saturated heterocycles. The summed E-state index contributed by atoms with van der Waals surface area (Å²) in [6.45, 7) is 8.52. The molecule has 0 aliphatic rings. The van der Waals surface area contributed by atoms with Crippen LogP contribution in [0.5, 0.6) is 0 Å². The zero-order chi connectivity index (χ0) is 15.7. The normalized spacial score (nSPS) is 16.9. The summed E-state index contributed by atoms with van der Waals surface area (Å²) in [6, 6.07) is 0. The van der Waals surface area contributed by atoms with Crippen LogP contribution in [0.25, 0.3) is 0 Å². The van der Waals surface area contributed by atoms with Crippen molar-refractivity contribution in [3.8, 4) is 0 Å². The van der Waals surface area contributed by atoms with E-state index < -0.39 is 0 Å². The monoisotopic (exact) mass is 286 g/mol. The van der Waals surface area contributed by atoms with Crippen molar-refractivity contribution in [1.29, 1.82) is 0 Å². The fourth-order valence-electron chi connectivity index (χ4n) is 2.19. The van der Waals surface area contributed by atoms with Crippen LogP contribution in [0, 0.1) is 23.7 Å². The first-order chi connectivity index (χ1) is 9.31. The Kier molecular flexibility index (Phi) is 9.26. The average molecular weight is 286 g/mol. The van der Waals surface area contributed by atoms with E-state index in [0.29, 0.717) is 36.5 Å². The second-order valence-electron chi connectivity index (χ2n) is 6.05. The van der Waals surface area contributed by atoms with Gasteiger partial charge in [0.1, 0.15) is 0 Å². The first-order valence-corrected chi connectivity index (χ1v) is 7.45. The van der Waals surface area contributed by atoms with Crippen LogP contribution < -0.4 is 0 Å². The van der Waals surface area contributed by atoms with E-state index in [-0.39, 0.29) is 11.9 Å². The van der Waals surface area contributed by atoms with E-state index in [2.05, 4.69) is 27.7 Å². The van der Waals surface area contributed by atoms with Gasteiger partial charge in [0, 0.05) is 12.8 Å². The lowest BCUT2D eigenvalue weighted by atomic mass is 9.83. The molecule has 0 fully saturated rings. The summed E-state index contributed by atoms with van der Waals surface area (Å²) in [7, 11) is 2.85. The Hall–Kier alpha value is -1.06. The van der Waals surface area contributed by atoms with Crippen LogP contribution in [-0.2, 0) is 19.1 Å². The Morgan fingerprint density at radius 2 is 1.00 bits per heavy atom. The van der Waals surface area contributed by atoms with Crippen molar-refractivity contribution in [2.45, 2.75) is 53.4 Å². The molecule has 0 radical (unpaired) electrons. The van der Waals surface area contributed by atoms with E-state index in [1.165, 1.54) is 14.2 Å². The molecule has 0 aromatic carbocycles. The molecule has 0 aliphatic heterocycles. The molecule has 0 aliphatic carbocycles. The third-order valence-corrected chi connectivity index (χ3v) is 4.45. The Morgan fingerprint density at radius 3 is 1.25 bits per heavy atom. The van der Waals surface area contributed by atoms with Gasteiger partial charge in [0.2, 0.25) is 0 Å². The van der Waals surface area contributed by atoms with Gasteiger partial charge in [-0.3, -0.25) is 9.59 Å². The molecule has 0 heterocycles. The SMILES string of the molecule is COC(=O)CC(C)C(C)CCC(C)C(C)CC(=O)OC. The molecule has 4 atom stereocenters. The molecule has 0 N–H and O–H groups in total. The predicted molar refractivity (Wildman–Crippen MR) is 79.2 cm³/mol. The highest BCUT2D eigenvalue weighted by atomic mass is 16.5. The number of rotatable bonds is 9. The van der Waals surface area contributed by atoms with Gasteiger partial charge in [0.05, 0.1) is 14.2 Å². The van der Waals surface area contributed by atoms with Crippen LogP contribution in [-0.4, -0.2) is 26.2 Å². The topological polar surface area (TPSA) is 52.6 Å². The fourth-order valence-corrected chi connectivity index (χ4v) is 2.19. The third kappa shape index (κ3) is 7.51. The smallest absolute Gasteiger partial charge is 0.305 e. The van der Waals surface area contributed by atoms with Gasteiger partial charge in [-0.25, -0.2) is 0 Å². The third-order valence-electron chi connectivity index (χ3n) is 4.45. The summed E-state index contributed by atoms with van der Waals surface area (Å²) in [5.41, 5.74) is 0. The fraction of sp³-hybridized carbons (Fsp3) is 0.875. The van der Waals surface area contributed by atoms with Gasteiger partial charge in [0.25, 0.3) is 0 Å². The maximum atomic E-state index is 11.3. The van der Waals surface area contributed by atoms with Crippen molar-refractivity contribution in [2.24, 2.45) is 23.7 Å². The van der Waals surface area contributed by atoms with E-state index >= 15 is 0 Å². The van der Waals surface area contributed by atoms with E-state index in [1.807, 2.05) is 0 Å². The molecular weight excluding hydrogens is 256 g/mol. The van der Waals surface area contributed by atoms with E-state index in [1.54, 1.807) is 0 Å². The quantitative estimate of drug-likeness (QED) is 0.609. The Balaban J connectivity index is 4.06. The zero-order valence-electron chi connectivity index (χ0n) is 13.8. The largest absolute Gasteiger partial charge is 0.469 e. The van der Waals surface area contributed by atoms with Crippen molar-refractivity contribution in [3.05, 3.63) is 0 Å². The van der Waals surface area contributed by atoms with Crippen LogP contribution in [0.15, 0.2) is 0 Å². The van der Waals surface area contributed by atoms with Crippen molar-refractivity contribution >= 4 is 11.9 Å². The molecule has 0 bridgehead atoms. The lowest BCUT2D eigenvalue weighted by molar-refractivity contribution is -0.143. The van der Waals surface area contributed by atoms with Crippen LogP contribution in [0.4, 0.5) is 0 Å². The lowest BCUT2D eigenvalue weighted by Crippen LogP contribution is -2.18. The molecule has 118 valence electrons. The molecule has 0 rings (SSSR count). The average Bonchev–Trinajstić information content (AvgIpc) is 2.43. The highest BCUT2D eigenvalue weighted by Gasteiger charge is 2.20. The van der Waals surface area contributed by atoms with Gasteiger partial charge in [-0.1, -0.05) is 40.5 Å². The zero-order valence-corrected chi connectivity index (χ0v) is 13.8. The number of hydrogen-bond donors (Lipinski definition) is 0. The standard InChI is InChI=1S/C16H30O4/c1-11(13(3)9-15(17)19-5)7-8-12(2)14(4)10-16(18)20-6/h11-14H,7-10H2,1-6H3. The molecule has 0 aromatic rings. The number of carbonyl (C=O) groups excluding carboxylic acids is 2. The second-order valence-corrected chi connectivity index (χ2v) is 6.05. The second kappa shape index (κ2) is 9.78. The number of esters is 2. The van der Waals surface area contributed by atoms with E-state index in [9.17, 15) is 9.59 Å². The van der Waals surface area contributed by atoms with Crippen LogP contribution in [0.1, 0.15) is 53.4 Å². The number of ether oxygens (including phenoxy) is 2. The minimum Gasteiger partial charge on any atom is -0.469 e. The van der Waals surface area contributed by atoms with Crippen molar-refractivity contribution in [1.82, 2.24) is 0 Å². The van der Waals surface area contributed by atoms with Crippen molar-refractivity contribution < 1.29 is 19.1 Å². The minimum atomic E-state index is -0.142. The first kappa shape index (κ1) is 18.9. The number of methoxy groups -OCH3 is 2. The molecule has 0 spiro atoms. The molecule has 0 amide bonds. The molecular formula is C16H30O4. The van der Waals surface area contributed by atoms with Gasteiger partial charge in [-0.05, 0) is 23.7 Å². The highest BCUT2D eigenvalue weighted by Crippen LogP contribution is 2.26. The van der Waals surface area contributed by atoms with Gasteiger partial charge in [-0.2, -0.15) is 0 Å². The summed E-state index contributed by atoms with van der Waals surface area (Å²) in [4.78, 5) is 22.5. The molecule has 4 unspecified atom stereocenters. The Bertz CT molecular complexity index is 271.